The molecule has 128 valence electrons. The summed E-state index contributed by atoms with van der Waals surface area (Å²) in [7, 11) is 0. The summed E-state index contributed by atoms with van der Waals surface area (Å²) in [6.45, 7) is 8.23. The van der Waals surface area contributed by atoms with Crippen molar-refractivity contribution in [2.45, 2.75) is 30.0 Å². The van der Waals surface area contributed by atoms with Crippen LogP contribution in [0.3, 0.4) is 0 Å². The van der Waals surface area contributed by atoms with Crippen molar-refractivity contribution in [3.8, 4) is 0 Å². The Kier molecular flexibility index (Phi) is 8.54. The molecule has 0 saturated heterocycles. The Morgan fingerprint density at radius 2 is 1.33 bits per heavy atom. The number of halogens is 3. The molecule has 1 unspecified atom stereocenters. The number of benzene rings is 2. The summed E-state index contributed by atoms with van der Waals surface area (Å²) in [6.07, 6.45) is 2.09. The predicted molar refractivity (Wildman–Crippen MR) is 118 cm³/mol. The van der Waals surface area contributed by atoms with Gasteiger partial charge < -0.3 is 0 Å². The van der Waals surface area contributed by atoms with Crippen LogP contribution in [0.1, 0.15) is 18.1 Å². The van der Waals surface area contributed by atoms with Crippen molar-refractivity contribution in [1.82, 2.24) is 4.90 Å². The number of hydrogen-bond donors (Lipinski definition) is 0. The van der Waals surface area contributed by atoms with Crippen LogP contribution in [0.2, 0.25) is 3.93 Å². The first-order valence-electron chi connectivity index (χ1n) is 7.93. The summed E-state index contributed by atoms with van der Waals surface area (Å²) < 4.78 is 0.395. The molecule has 0 radical (unpaired) electrons. The van der Waals surface area contributed by atoms with Crippen molar-refractivity contribution < 1.29 is 0 Å². The molecule has 0 aliphatic heterocycles. The normalized spacial score (nSPS) is 14.4. The van der Waals surface area contributed by atoms with Crippen molar-refractivity contribution in [2.24, 2.45) is 0 Å². The average Bonchev–Trinajstić information content (AvgIpc) is 2.55. The molecule has 2 atom stereocenters. The average molecular weight is 623 g/mol. The molecule has 0 heterocycles. The molecule has 5 heteroatoms. The van der Waals surface area contributed by atoms with Crippen LogP contribution in [0.4, 0.5) is 0 Å². The van der Waals surface area contributed by atoms with Gasteiger partial charge in [0.15, 0.2) is 0 Å². The van der Waals surface area contributed by atoms with Crippen molar-refractivity contribution in [2.75, 3.05) is 0 Å². The Balaban J connectivity index is 2.25. The van der Waals surface area contributed by atoms with E-state index in [-0.39, 0.29) is 0 Å². The maximum atomic E-state index is 4.08. The Morgan fingerprint density at radius 1 is 0.917 bits per heavy atom. The Morgan fingerprint density at radius 3 is 1.67 bits per heavy atom. The molecule has 0 aliphatic rings. The summed E-state index contributed by atoms with van der Waals surface area (Å²) >= 11 is 9.03. The van der Waals surface area contributed by atoms with E-state index in [9.17, 15) is 0 Å². The fraction of sp³-hybridized carbons (Fsp3) is 0.263. The van der Waals surface area contributed by atoms with E-state index in [1.54, 1.807) is 0 Å². The van der Waals surface area contributed by atoms with E-state index in [4.69, 9.17) is 0 Å². The minimum absolute atomic E-state index is 0.372. The molecule has 2 rings (SSSR count). The fourth-order valence-corrected chi connectivity index (χ4v) is 17.2. The van der Waals surface area contributed by atoms with Gasteiger partial charge in [-0.15, -0.1) is 0 Å². The SMILES string of the molecule is C=C[CH]([C@H](C)N(Cc1ccccc1)Cc1ccccc1)[Sn]([Br])([Br])[Br]. The third-order valence-electron chi connectivity index (χ3n) is 4.18. The summed E-state index contributed by atoms with van der Waals surface area (Å²) in [5.41, 5.74) is 2.67. The van der Waals surface area contributed by atoms with E-state index in [0.29, 0.717) is 9.98 Å². The molecule has 0 fully saturated rings. The van der Waals surface area contributed by atoms with Crippen molar-refractivity contribution in [3.05, 3.63) is 84.4 Å². The van der Waals surface area contributed by atoms with Crippen LogP contribution < -0.4 is 0 Å². The van der Waals surface area contributed by atoms with Gasteiger partial charge in [-0.2, -0.15) is 0 Å². The fourth-order valence-electron chi connectivity index (χ4n) is 2.81. The minimum atomic E-state index is -2.64. The molecule has 0 saturated carbocycles. The van der Waals surface area contributed by atoms with Crippen molar-refractivity contribution in [3.63, 3.8) is 0 Å². The Bertz CT molecular complexity index is 587. The van der Waals surface area contributed by atoms with Crippen LogP contribution in [0.5, 0.6) is 0 Å². The molecule has 24 heavy (non-hydrogen) atoms. The zero-order valence-electron chi connectivity index (χ0n) is 13.7. The maximum absolute atomic E-state index is 4.08. The second-order valence-electron chi connectivity index (χ2n) is 5.92. The van der Waals surface area contributed by atoms with Crippen LogP contribution in [-0.2, 0) is 13.1 Å². The molecular weight excluding hydrogens is 601 g/mol. The monoisotopic (exact) mass is 621 g/mol. The first-order chi connectivity index (χ1) is 11.4. The van der Waals surface area contributed by atoms with Crippen LogP contribution in [0.15, 0.2) is 73.3 Å². The van der Waals surface area contributed by atoms with Gasteiger partial charge in [0, 0.05) is 0 Å². The van der Waals surface area contributed by atoms with E-state index in [0.717, 1.165) is 13.1 Å². The van der Waals surface area contributed by atoms with Gasteiger partial charge in [0.05, 0.1) is 0 Å². The van der Waals surface area contributed by atoms with E-state index >= 15 is 0 Å². The predicted octanol–water partition coefficient (Wildman–Crippen LogP) is 6.76. The van der Waals surface area contributed by atoms with Gasteiger partial charge in [0.1, 0.15) is 0 Å². The van der Waals surface area contributed by atoms with Gasteiger partial charge in [-0.3, -0.25) is 0 Å². The molecule has 0 spiro atoms. The zero-order chi connectivity index (χ0) is 17.6. The first kappa shape index (κ1) is 20.7. The summed E-state index contributed by atoms with van der Waals surface area (Å²) in [4.78, 5) is 2.53. The molecule has 0 aliphatic carbocycles. The third kappa shape index (κ3) is 6.27. The molecule has 2 aromatic rings. The summed E-state index contributed by atoms with van der Waals surface area (Å²) in [5.74, 6) is 0. The molecule has 0 N–H and O–H groups in total. The van der Waals surface area contributed by atoms with Crippen LogP contribution in [0, 0.1) is 0 Å². The van der Waals surface area contributed by atoms with Gasteiger partial charge in [-0.1, -0.05) is 0 Å². The number of nitrogens with zero attached hydrogens (tertiary/aromatic N) is 1. The van der Waals surface area contributed by atoms with E-state index in [1.165, 1.54) is 11.1 Å². The Labute approximate surface area is 167 Å². The van der Waals surface area contributed by atoms with E-state index in [1.807, 2.05) is 0 Å². The zero-order valence-corrected chi connectivity index (χ0v) is 21.3. The summed E-state index contributed by atoms with van der Waals surface area (Å²) in [6, 6.07) is 21.7. The van der Waals surface area contributed by atoms with Gasteiger partial charge in [-0.05, 0) is 0 Å². The van der Waals surface area contributed by atoms with Crippen LogP contribution in [0.25, 0.3) is 0 Å². The topological polar surface area (TPSA) is 3.24 Å². The second kappa shape index (κ2) is 9.91. The molecule has 0 aromatic heterocycles. The number of hydrogen-bond acceptors (Lipinski definition) is 1. The van der Waals surface area contributed by atoms with Crippen molar-refractivity contribution in [1.29, 1.82) is 0 Å². The second-order valence-corrected chi connectivity index (χ2v) is 57.5. The standard InChI is InChI=1S/C19H22N.3BrH.Sn/c1-3-10-17(2)20(15-18-11-6-4-7-12-18)16-19-13-8-5-9-14-19;;;;/h3-14,17H,1,15-16H2,2H3;3*1H;/q;;;;+3/p-3/t17-;;;;/m0..../s1. The molecule has 2 aromatic carbocycles. The van der Waals surface area contributed by atoms with Gasteiger partial charge >= 0.3 is 169 Å². The van der Waals surface area contributed by atoms with Gasteiger partial charge in [0.25, 0.3) is 0 Å². The van der Waals surface area contributed by atoms with E-state index in [2.05, 4.69) is 123 Å². The Hall–Kier alpha value is 0.379. The quantitative estimate of drug-likeness (QED) is 0.233. The van der Waals surface area contributed by atoms with Crippen LogP contribution in [-0.4, -0.2) is 22.7 Å². The molecular formula is C19H22Br3NSn. The first-order valence-corrected chi connectivity index (χ1v) is 28.8. The molecule has 0 amide bonds. The molecule has 1 nitrogen and oxygen atoms in total. The van der Waals surface area contributed by atoms with Crippen LogP contribution >= 0.6 is 38.1 Å². The van der Waals surface area contributed by atoms with E-state index < -0.39 is 11.7 Å². The van der Waals surface area contributed by atoms with Crippen molar-refractivity contribution >= 4 is 49.8 Å². The molecule has 0 bridgehead atoms. The third-order valence-corrected chi connectivity index (χ3v) is 19.0. The van der Waals surface area contributed by atoms with Gasteiger partial charge in [-0.25, -0.2) is 0 Å². The number of rotatable bonds is 8. The summed E-state index contributed by atoms with van der Waals surface area (Å²) in [5, 5.41) is 0. The van der Waals surface area contributed by atoms with Gasteiger partial charge in [0.2, 0.25) is 0 Å².